The van der Waals surface area contributed by atoms with E-state index in [-0.39, 0.29) is 0 Å². The first-order valence-corrected chi connectivity index (χ1v) is 17.0. The Hall–Kier alpha value is -6.71. The van der Waals surface area contributed by atoms with Crippen molar-refractivity contribution >= 4 is 38.9 Å². The molecule has 2 heterocycles. The molecule has 3 nitrogen and oxygen atoms in total. The van der Waals surface area contributed by atoms with Gasteiger partial charge in [-0.25, -0.2) is 0 Å². The lowest BCUT2D eigenvalue weighted by Gasteiger charge is -2.28. The number of hydrogen-bond acceptors (Lipinski definition) is 2. The highest BCUT2D eigenvalue weighted by Crippen LogP contribution is 2.45. The van der Waals surface area contributed by atoms with Crippen molar-refractivity contribution in [1.82, 2.24) is 9.55 Å². The molecule has 0 unspecified atom stereocenters. The fourth-order valence-electron chi connectivity index (χ4n) is 7.15. The number of anilines is 3. The van der Waals surface area contributed by atoms with Gasteiger partial charge in [0.1, 0.15) is 0 Å². The van der Waals surface area contributed by atoms with E-state index < -0.39 is 0 Å². The predicted octanol–water partition coefficient (Wildman–Crippen LogP) is 12.6. The summed E-state index contributed by atoms with van der Waals surface area (Å²) < 4.78 is 2.39. The van der Waals surface area contributed by atoms with Crippen LogP contribution < -0.4 is 4.90 Å². The summed E-state index contributed by atoms with van der Waals surface area (Å²) in [5.41, 5.74) is 13.8. The summed E-state index contributed by atoms with van der Waals surface area (Å²) in [5.74, 6) is 0. The molecule has 50 heavy (non-hydrogen) atoms. The van der Waals surface area contributed by atoms with Crippen molar-refractivity contribution in [3.05, 3.63) is 200 Å². The summed E-state index contributed by atoms with van der Waals surface area (Å²) >= 11 is 0. The topological polar surface area (TPSA) is 21.1 Å². The zero-order valence-corrected chi connectivity index (χ0v) is 27.4. The first kappa shape index (κ1) is 29.4. The highest BCUT2D eigenvalue weighted by atomic mass is 15.1. The monoisotopic (exact) mass is 639 g/mol. The summed E-state index contributed by atoms with van der Waals surface area (Å²) in [4.78, 5) is 6.62. The molecule has 0 aliphatic heterocycles. The van der Waals surface area contributed by atoms with Crippen LogP contribution in [0, 0.1) is 0 Å². The Labute approximate surface area is 292 Å². The van der Waals surface area contributed by atoms with E-state index in [0.717, 1.165) is 33.8 Å². The number of aromatic nitrogens is 2. The van der Waals surface area contributed by atoms with Gasteiger partial charge >= 0.3 is 0 Å². The van der Waals surface area contributed by atoms with Crippen LogP contribution in [0.15, 0.2) is 200 Å². The Morgan fingerprint density at radius 3 is 1.58 bits per heavy atom. The second-order valence-electron chi connectivity index (χ2n) is 12.5. The van der Waals surface area contributed by atoms with Gasteiger partial charge in [-0.15, -0.1) is 0 Å². The number of pyridine rings is 1. The van der Waals surface area contributed by atoms with Gasteiger partial charge < -0.3 is 9.47 Å². The van der Waals surface area contributed by atoms with Gasteiger partial charge in [-0.1, -0.05) is 115 Å². The molecule has 0 atom stereocenters. The molecule has 0 amide bonds. The van der Waals surface area contributed by atoms with Gasteiger partial charge in [-0.05, 0) is 106 Å². The average molecular weight is 640 g/mol. The van der Waals surface area contributed by atoms with E-state index in [2.05, 4.69) is 203 Å². The number of fused-ring (bicyclic) bond motifs is 3. The number of benzene rings is 7. The highest BCUT2D eigenvalue weighted by molar-refractivity contribution is 6.16. The van der Waals surface area contributed by atoms with Crippen molar-refractivity contribution in [1.29, 1.82) is 0 Å². The van der Waals surface area contributed by atoms with Crippen LogP contribution in [0.4, 0.5) is 17.1 Å². The van der Waals surface area contributed by atoms with Gasteiger partial charge in [-0.2, -0.15) is 0 Å². The molecule has 0 N–H and O–H groups in total. The summed E-state index contributed by atoms with van der Waals surface area (Å²) in [6, 6.07) is 67.4. The molecule has 0 fully saturated rings. The molecular weight excluding hydrogens is 607 g/mol. The van der Waals surface area contributed by atoms with E-state index in [9.17, 15) is 0 Å². The zero-order chi connectivity index (χ0) is 33.3. The first-order chi connectivity index (χ1) is 24.8. The largest absolute Gasteiger partial charge is 0.310 e. The van der Waals surface area contributed by atoms with Gasteiger partial charge in [-0.3, -0.25) is 4.98 Å². The maximum absolute atomic E-state index is 4.20. The second kappa shape index (κ2) is 12.7. The number of rotatable bonds is 7. The Morgan fingerprint density at radius 1 is 0.380 bits per heavy atom. The smallest absolute Gasteiger partial charge is 0.0562 e. The van der Waals surface area contributed by atoms with E-state index in [4.69, 9.17) is 0 Å². The molecule has 0 radical (unpaired) electrons. The summed E-state index contributed by atoms with van der Waals surface area (Å²) in [7, 11) is 0. The quantitative estimate of drug-likeness (QED) is 0.173. The molecule has 0 saturated carbocycles. The maximum Gasteiger partial charge on any atom is 0.0562 e. The van der Waals surface area contributed by atoms with E-state index in [0.29, 0.717) is 0 Å². The van der Waals surface area contributed by atoms with Gasteiger partial charge in [0.25, 0.3) is 0 Å². The SMILES string of the molecule is c1ccc(-c2cc(-c3ccccc3)cc(N(c3ccccc3)c3cccc4c3c3ccccc3n4-c3ccc(-c4ccncc4)cc3)c2)cc1. The molecular formula is C47H33N3. The van der Waals surface area contributed by atoms with E-state index in [1.807, 2.05) is 12.4 Å². The minimum Gasteiger partial charge on any atom is -0.310 e. The lowest BCUT2D eigenvalue weighted by Crippen LogP contribution is -2.10. The van der Waals surface area contributed by atoms with Crippen molar-refractivity contribution < 1.29 is 0 Å². The fourth-order valence-corrected chi connectivity index (χ4v) is 7.15. The maximum atomic E-state index is 4.20. The van der Waals surface area contributed by atoms with Gasteiger partial charge in [0.2, 0.25) is 0 Å². The van der Waals surface area contributed by atoms with Crippen molar-refractivity contribution in [2.24, 2.45) is 0 Å². The number of nitrogens with zero attached hydrogens (tertiary/aromatic N) is 3. The Kier molecular flexibility index (Phi) is 7.49. The van der Waals surface area contributed by atoms with E-state index >= 15 is 0 Å². The van der Waals surface area contributed by atoms with Crippen LogP contribution in [0.3, 0.4) is 0 Å². The van der Waals surface area contributed by atoms with Crippen LogP contribution in [0.2, 0.25) is 0 Å². The van der Waals surface area contributed by atoms with Gasteiger partial charge in [0.05, 0.1) is 16.7 Å². The molecule has 7 aromatic carbocycles. The molecule has 3 heteroatoms. The van der Waals surface area contributed by atoms with Crippen molar-refractivity contribution in [2.75, 3.05) is 4.90 Å². The zero-order valence-electron chi connectivity index (χ0n) is 27.4. The van der Waals surface area contributed by atoms with Gasteiger partial charge in [0, 0.05) is 40.2 Å². The minimum absolute atomic E-state index is 1.10. The van der Waals surface area contributed by atoms with Crippen LogP contribution in [0.1, 0.15) is 0 Å². The van der Waals surface area contributed by atoms with Crippen molar-refractivity contribution in [3.63, 3.8) is 0 Å². The molecule has 2 aromatic heterocycles. The first-order valence-electron chi connectivity index (χ1n) is 17.0. The molecule has 236 valence electrons. The fraction of sp³-hybridized carbons (Fsp3) is 0. The Balaban J connectivity index is 1.29. The lowest BCUT2D eigenvalue weighted by molar-refractivity contribution is 1.18. The molecule has 0 spiro atoms. The van der Waals surface area contributed by atoms with Crippen LogP contribution in [0.25, 0.3) is 60.9 Å². The molecule has 0 aliphatic rings. The van der Waals surface area contributed by atoms with Crippen LogP contribution in [0.5, 0.6) is 0 Å². The van der Waals surface area contributed by atoms with Crippen LogP contribution in [-0.2, 0) is 0 Å². The molecule has 0 saturated heterocycles. The number of para-hydroxylation sites is 2. The third-order valence-electron chi connectivity index (χ3n) is 9.46. The summed E-state index contributed by atoms with van der Waals surface area (Å²) in [6.07, 6.45) is 3.68. The van der Waals surface area contributed by atoms with Crippen LogP contribution in [-0.4, -0.2) is 9.55 Å². The molecule has 9 aromatic rings. The van der Waals surface area contributed by atoms with Gasteiger partial charge in [0.15, 0.2) is 0 Å². The summed E-state index contributed by atoms with van der Waals surface area (Å²) in [5, 5.41) is 2.41. The Bertz CT molecular complexity index is 2500. The third-order valence-corrected chi connectivity index (χ3v) is 9.46. The number of hydrogen-bond donors (Lipinski definition) is 0. The predicted molar refractivity (Wildman–Crippen MR) is 210 cm³/mol. The lowest BCUT2D eigenvalue weighted by atomic mass is 9.97. The average Bonchev–Trinajstić information content (AvgIpc) is 3.54. The summed E-state index contributed by atoms with van der Waals surface area (Å²) in [6.45, 7) is 0. The third kappa shape index (κ3) is 5.32. The van der Waals surface area contributed by atoms with Crippen molar-refractivity contribution in [2.45, 2.75) is 0 Å². The highest BCUT2D eigenvalue weighted by Gasteiger charge is 2.22. The molecule has 0 aliphatic carbocycles. The van der Waals surface area contributed by atoms with E-state index in [1.165, 1.54) is 44.1 Å². The van der Waals surface area contributed by atoms with E-state index in [1.54, 1.807) is 0 Å². The van der Waals surface area contributed by atoms with Crippen molar-refractivity contribution in [3.8, 4) is 39.1 Å². The Morgan fingerprint density at radius 2 is 0.920 bits per heavy atom. The molecule has 9 rings (SSSR count). The normalized spacial score (nSPS) is 11.2. The minimum atomic E-state index is 1.10. The second-order valence-corrected chi connectivity index (χ2v) is 12.5. The molecule has 0 bridgehead atoms. The van der Waals surface area contributed by atoms with Crippen LogP contribution >= 0.6 is 0 Å². The standard InChI is InChI=1S/C47H33N3/c1-4-13-34(14-5-1)38-31-39(35-15-6-2-7-16-35)33-42(32-38)49(40-17-8-3-9-18-40)45-21-12-22-46-47(45)43-19-10-11-20-44(43)50(46)41-25-23-36(24-26-41)37-27-29-48-30-28-37/h1-33H.